The Bertz CT molecular complexity index is 1450. The summed E-state index contributed by atoms with van der Waals surface area (Å²) in [5, 5.41) is 6.60. The normalized spacial score (nSPS) is 14.6. The Morgan fingerprint density at radius 2 is 1.86 bits per heavy atom. The van der Waals surface area contributed by atoms with E-state index in [1.807, 2.05) is 45.0 Å². The fourth-order valence-corrected chi connectivity index (χ4v) is 5.02. The number of rotatable bonds is 6. The van der Waals surface area contributed by atoms with Crippen LogP contribution in [0.3, 0.4) is 0 Å². The molecule has 1 aliphatic rings. The molecule has 0 spiro atoms. The predicted molar refractivity (Wildman–Crippen MR) is 147 cm³/mol. The summed E-state index contributed by atoms with van der Waals surface area (Å²) < 4.78 is 17.2. The molecule has 0 unspecified atom stereocenters. The highest BCUT2D eigenvalue weighted by Gasteiger charge is 2.18. The first-order valence-corrected chi connectivity index (χ1v) is 12.7. The van der Waals surface area contributed by atoms with Crippen LogP contribution in [0.1, 0.15) is 49.5 Å². The maximum atomic E-state index is 15.1. The molecule has 1 aliphatic heterocycles. The number of anilines is 3. The number of aromatic nitrogens is 5. The zero-order valence-corrected chi connectivity index (χ0v) is 22.0. The average molecular weight is 501 g/mol. The van der Waals surface area contributed by atoms with Gasteiger partial charge in [-0.05, 0) is 70.0 Å². The van der Waals surface area contributed by atoms with Gasteiger partial charge in [0.2, 0.25) is 5.95 Å². The van der Waals surface area contributed by atoms with Crippen LogP contribution in [0, 0.1) is 19.7 Å². The van der Waals surface area contributed by atoms with Crippen LogP contribution in [0.25, 0.3) is 16.6 Å². The number of imidazole rings is 1. The lowest BCUT2D eigenvalue weighted by molar-refractivity contribution is 0.585. The van der Waals surface area contributed by atoms with Crippen molar-refractivity contribution in [2.45, 2.75) is 40.7 Å². The molecule has 8 nitrogen and oxygen atoms in total. The number of hydrogen-bond acceptors (Lipinski definition) is 7. The molecular formula is C28H33FN8. The fraction of sp³-hybridized carbons (Fsp3) is 0.357. The van der Waals surface area contributed by atoms with Crippen LogP contribution in [-0.2, 0) is 0 Å². The summed E-state index contributed by atoms with van der Waals surface area (Å²) in [6.07, 6.45) is 5.57. The molecule has 1 fully saturated rings. The number of piperazine rings is 1. The lowest BCUT2D eigenvalue weighted by Crippen LogP contribution is -2.43. The molecule has 1 aromatic carbocycles. The molecule has 4 heterocycles. The standard InChI is InChI=1S/C28H33FN8/c1-6-22(20-13-24(29)27-25(14-20)37(17(2)3)19(5)34-27)23-16-32-28(33-18(23)4)35-21-7-8-26(31-15-21)36-11-9-30-10-12-36/h6-8,13-17,30H,9-12H2,1-5H3,(H,32,33,35)/b22-6-. The Morgan fingerprint density at radius 3 is 2.51 bits per heavy atom. The van der Waals surface area contributed by atoms with Crippen molar-refractivity contribution in [3.63, 3.8) is 0 Å². The van der Waals surface area contributed by atoms with Gasteiger partial charge in [-0.15, -0.1) is 0 Å². The largest absolute Gasteiger partial charge is 0.354 e. The number of nitrogens with one attached hydrogen (secondary N) is 2. The lowest BCUT2D eigenvalue weighted by atomic mass is 9.97. The highest BCUT2D eigenvalue weighted by Crippen LogP contribution is 2.31. The van der Waals surface area contributed by atoms with Gasteiger partial charge in [0.05, 0.1) is 23.1 Å². The van der Waals surface area contributed by atoms with Crippen LogP contribution in [0.2, 0.25) is 0 Å². The van der Waals surface area contributed by atoms with E-state index in [0.29, 0.717) is 11.5 Å². The van der Waals surface area contributed by atoms with Crippen LogP contribution < -0.4 is 15.5 Å². The van der Waals surface area contributed by atoms with E-state index >= 15 is 4.39 Å². The second-order valence-corrected chi connectivity index (χ2v) is 9.61. The molecule has 5 rings (SSSR count). The zero-order valence-electron chi connectivity index (χ0n) is 22.0. The Morgan fingerprint density at radius 1 is 1.08 bits per heavy atom. The summed E-state index contributed by atoms with van der Waals surface area (Å²) in [7, 11) is 0. The van der Waals surface area contributed by atoms with Gasteiger partial charge in [0.1, 0.15) is 17.2 Å². The number of pyridine rings is 1. The van der Waals surface area contributed by atoms with Gasteiger partial charge in [-0.1, -0.05) is 6.08 Å². The Labute approximate surface area is 216 Å². The van der Waals surface area contributed by atoms with E-state index in [1.165, 1.54) is 0 Å². The number of fused-ring (bicyclic) bond motifs is 1. The molecule has 0 bridgehead atoms. The van der Waals surface area contributed by atoms with Crippen molar-refractivity contribution in [2.75, 3.05) is 36.4 Å². The second kappa shape index (κ2) is 10.3. The number of halogens is 1. The van der Waals surface area contributed by atoms with E-state index in [-0.39, 0.29) is 11.9 Å². The third kappa shape index (κ3) is 4.91. The minimum Gasteiger partial charge on any atom is -0.354 e. The minimum absolute atomic E-state index is 0.171. The first-order valence-electron chi connectivity index (χ1n) is 12.7. The molecule has 192 valence electrons. The van der Waals surface area contributed by atoms with E-state index in [4.69, 9.17) is 0 Å². The molecule has 3 aromatic heterocycles. The topological polar surface area (TPSA) is 83.8 Å². The predicted octanol–water partition coefficient (Wildman–Crippen LogP) is 5.16. The quantitative estimate of drug-likeness (QED) is 0.378. The van der Waals surface area contributed by atoms with Crippen LogP contribution in [0.5, 0.6) is 0 Å². The van der Waals surface area contributed by atoms with E-state index < -0.39 is 0 Å². The van der Waals surface area contributed by atoms with Gasteiger partial charge in [-0.3, -0.25) is 0 Å². The summed E-state index contributed by atoms with van der Waals surface area (Å²) in [5.74, 6) is 1.93. The summed E-state index contributed by atoms with van der Waals surface area (Å²) in [4.78, 5) is 20.6. The molecule has 0 aliphatic carbocycles. The van der Waals surface area contributed by atoms with Crippen molar-refractivity contribution in [2.24, 2.45) is 0 Å². The van der Waals surface area contributed by atoms with E-state index in [1.54, 1.807) is 18.5 Å². The lowest BCUT2D eigenvalue weighted by Gasteiger charge is -2.28. The highest BCUT2D eigenvalue weighted by atomic mass is 19.1. The number of nitrogens with zero attached hydrogens (tertiary/aromatic N) is 6. The zero-order chi connectivity index (χ0) is 26.1. The minimum atomic E-state index is -0.331. The first kappa shape index (κ1) is 24.8. The monoisotopic (exact) mass is 500 g/mol. The molecule has 0 radical (unpaired) electrons. The van der Waals surface area contributed by atoms with Gasteiger partial charge in [0, 0.05) is 44.0 Å². The Kier molecular flexibility index (Phi) is 6.88. The Hall–Kier alpha value is -3.85. The van der Waals surface area contributed by atoms with Crippen LogP contribution in [0.15, 0.2) is 42.7 Å². The number of hydrogen-bond donors (Lipinski definition) is 2. The second-order valence-electron chi connectivity index (χ2n) is 9.61. The first-order chi connectivity index (χ1) is 17.9. The molecule has 9 heteroatoms. The summed E-state index contributed by atoms with van der Waals surface area (Å²) in [6, 6.07) is 7.73. The van der Waals surface area contributed by atoms with Crippen molar-refractivity contribution >= 4 is 34.1 Å². The van der Waals surface area contributed by atoms with Crippen LogP contribution in [-0.4, -0.2) is 50.7 Å². The van der Waals surface area contributed by atoms with Crippen LogP contribution >= 0.6 is 0 Å². The summed E-state index contributed by atoms with van der Waals surface area (Å²) in [5.41, 5.74) is 5.30. The molecule has 4 aromatic rings. The number of benzene rings is 1. The molecule has 0 amide bonds. The molecule has 2 N–H and O–H groups in total. The van der Waals surface area contributed by atoms with Crippen LogP contribution in [0.4, 0.5) is 21.8 Å². The fourth-order valence-electron chi connectivity index (χ4n) is 5.02. The van der Waals surface area contributed by atoms with Gasteiger partial charge in [-0.2, -0.15) is 0 Å². The molecule has 37 heavy (non-hydrogen) atoms. The molecule has 0 saturated carbocycles. The van der Waals surface area contributed by atoms with Gasteiger partial charge in [0.15, 0.2) is 5.82 Å². The average Bonchev–Trinajstić information content (AvgIpc) is 3.23. The highest BCUT2D eigenvalue weighted by molar-refractivity contribution is 5.87. The maximum Gasteiger partial charge on any atom is 0.227 e. The van der Waals surface area contributed by atoms with E-state index in [9.17, 15) is 0 Å². The van der Waals surface area contributed by atoms with E-state index in [2.05, 4.69) is 53.9 Å². The van der Waals surface area contributed by atoms with Crippen molar-refractivity contribution < 1.29 is 4.39 Å². The van der Waals surface area contributed by atoms with Gasteiger partial charge in [-0.25, -0.2) is 24.3 Å². The van der Waals surface area contributed by atoms with Crippen molar-refractivity contribution in [3.8, 4) is 0 Å². The Balaban J connectivity index is 1.40. The molecule has 1 saturated heterocycles. The summed E-state index contributed by atoms with van der Waals surface area (Å²) >= 11 is 0. The number of aryl methyl sites for hydroxylation is 2. The molecule has 0 atom stereocenters. The maximum absolute atomic E-state index is 15.1. The van der Waals surface area contributed by atoms with Crippen molar-refractivity contribution in [1.82, 2.24) is 29.8 Å². The van der Waals surface area contributed by atoms with Gasteiger partial charge in [0.25, 0.3) is 0 Å². The summed E-state index contributed by atoms with van der Waals surface area (Å²) in [6.45, 7) is 13.8. The third-order valence-electron chi connectivity index (χ3n) is 6.76. The van der Waals surface area contributed by atoms with Gasteiger partial charge < -0.3 is 20.1 Å². The van der Waals surface area contributed by atoms with Crippen molar-refractivity contribution in [3.05, 3.63) is 71.2 Å². The third-order valence-corrected chi connectivity index (χ3v) is 6.76. The van der Waals surface area contributed by atoms with E-state index in [0.717, 1.165) is 71.4 Å². The van der Waals surface area contributed by atoms with Crippen molar-refractivity contribution in [1.29, 1.82) is 0 Å². The van der Waals surface area contributed by atoms with Gasteiger partial charge >= 0.3 is 0 Å². The smallest absolute Gasteiger partial charge is 0.227 e. The SMILES string of the molecule is C/C=C(/c1cc(F)c2nc(C)n(C(C)C)c2c1)c1cnc(Nc2ccc(N3CCNCC3)nc2)nc1C. The number of allylic oxidation sites excluding steroid dienone is 1. The molecular weight excluding hydrogens is 467 g/mol.